The fraction of sp³-hybridized carbons (Fsp3) is 0.167. The van der Waals surface area contributed by atoms with Crippen molar-refractivity contribution in [2.24, 2.45) is 0 Å². The van der Waals surface area contributed by atoms with Gasteiger partial charge in [-0.1, -0.05) is 44.2 Å². The van der Waals surface area contributed by atoms with Crippen LogP contribution in [0.25, 0.3) is 10.8 Å². The van der Waals surface area contributed by atoms with Gasteiger partial charge >= 0.3 is 0 Å². The standard InChI is InChI=1S/C24H21N3O2S/c1-16(2)18-7-11-20(12-8-18)28-19-9-5-17(6-10-19)15-26-23-21(14-25)27-24(29-23)22-4-3-13-30-22/h3-13,16,26H,15H2,1-2H3. The Kier molecular flexibility index (Phi) is 5.82. The molecule has 150 valence electrons. The number of benzene rings is 2. The van der Waals surface area contributed by atoms with Gasteiger partial charge in [-0.15, -0.1) is 11.3 Å². The smallest absolute Gasteiger partial charge is 0.240 e. The van der Waals surface area contributed by atoms with E-state index < -0.39 is 0 Å². The van der Waals surface area contributed by atoms with Crippen molar-refractivity contribution in [3.05, 3.63) is 82.9 Å². The Morgan fingerprint density at radius 1 is 1.07 bits per heavy atom. The maximum atomic E-state index is 9.32. The summed E-state index contributed by atoms with van der Waals surface area (Å²) >= 11 is 1.52. The Morgan fingerprint density at radius 2 is 1.77 bits per heavy atom. The van der Waals surface area contributed by atoms with E-state index in [1.807, 2.05) is 53.9 Å². The summed E-state index contributed by atoms with van der Waals surface area (Å²) in [5, 5.41) is 14.4. The monoisotopic (exact) mass is 415 g/mol. The van der Waals surface area contributed by atoms with Crippen LogP contribution in [-0.4, -0.2) is 4.98 Å². The zero-order valence-electron chi connectivity index (χ0n) is 16.8. The molecule has 1 N–H and O–H groups in total. The van der Waals surface area contributed by atoms with Crippen LogP contribution in [-0.2, 0) is 6.54 Å². The van der Waals surface area contributed by atoms with Gasteiger partial charge in [-0.3, -0.25) is 0 Å². The highest BCUT2D eigenvalue weighted by Gasteiger charge is 2.15. The molecule has 0 saturated carbocycles. The van der Waals surface area contributed by atoms with E-state index in [2.05, 4.69) is 42.4 Å². The molecule has 5 nitrogen and oxygen atoms in total. The first-order valence-corrected chi connectivity index (χ1v) is 10.6. The van der Waals surface area contributed by atoms with Gasteiger partial charge in [0.15, 0.2) is 0 Å². The molecule has 0 saturated heterocycles. The predicted octanol–water partition coefficient (Wildman–Crippen LogP) is 6.80. The highest BCUT2D eigenvalue weighted by Crippen LogP contribution is 2.29. The summed E-state index contributed by atoms with van der Waals surface area (Å²) in [7, 11) is 0. The largest absolute Gasteiger partial charge is 0.457 e. The van der Waals surface area contributed by atoms with E-state index in [0.717, 1.165) is 21.9 Å². The van der Waals surface area contributed by atoms with Gasteiger partial charge in [0.05, 0.1) is 4.88 Å². The van der Waals surface area contributed by atoms with Crippen LogP contribution in [0.5, 0.6) is 11.5 Å². The van der Waals surface area contributed by atoms with Gasteiger partial charge in [-0.2, -0.15) is 10.2 Å². The molecule has 30 heavy (non-hydrogen) atoms. The van der Waals surface area contributed by atoms with E-state index in [1.54, 1.807) is 0 Å². The Labute approximate surface area is 179 Å². The Morgan fingerprint density at radius 3 is 2.37 bits per heavy atom. The number of aromatic nitrogens is 1. The van der Waals surface area contributed by atoms with Crippen LogP contribution in [0.4, 0.5) is 5.88 Å². The molecule has 4 aromatic rings. The highest BCUT2D eigenvalue weighted by molar-refractivity contribution is 7.13. The second-order valence-corrected chi connectivity index (χ2v) is 8.06. The van der Waals surface area contributed by atoms with Crippen molar-refractivity contribution in [1.29, 1.82) is 5.26 Å². The molecule has 0 amide bonds. The third-order valence-corrected chi connectivity index (χ3v) is 5.48. The molecule has 0 bridgehead atoms. The lowest BCUT2D eigenvalue weighted by atomic mass is 10.0. The Bertz CT molecular complexity index is 1140. The number of hydrogen-bond donors (Lipinski definition) is 1. The van der Waals surface area contributed by atoms with E-state index in [9.17, 15) is 5.26 Å². The SMILES string of the molecule is CC(C)c1ccc(Oc2ccc(CNc3oc(-c4cccs4)nc3C#N)cc2)cc1. The fourth-order valence-corrected chi connectivity index (χ4v) is 3.58. The first-order valence-electron chi connectivity index (χ1n) is 9.68. The molecule has 0 atom stereocenters. The van der Waals surface area contributed by atoms with Crippen molar-refractivity contribution < 1.29 is 9.15 Å². The van der Waals surface area contributed by atoms with Gasteiger partial charge in [0.1, 0.15) is 17.6 Å². The summed E-state index contributed by atoms with van der Waals surface area (Å²) in [6, 6.07) is 21.9. The maximum Gasteiger partial charge on any atom is 0.240 e. The zero-order valence-corrected chi connectivity index (χ0v) is 17.6. The summed E-state index contributed by atoms with van der Waals surface area (Å²) in [6.45, 7) is 4.85. The summed E-state index contributed by atoms with van der Waals surface area (Å²) in [4.78, 5) is 5.15. The second kappa shape index (κ2) is 8.85. The molecule has 0 aliphatic heterocycles. The van der Waals surface area contributed by atoms with Gasteiger partial charge < -0.3 is 14.5 Å². The molecule has 0 fully saturated rings. The first-order chi connectivity index (χ1) is 14.6. The lowest BCUT2D eigenvalue weighted by Crippen LogP contribution is -1.99. The minimum atomic E-state index is 0.253. The minimum Gasteiger partial charge on any atom is -0.457 e. The zero-order chi connectivity index (χ0) is 20.9. The van der Waals surface area contributed by atoms with Crippen LogP contribution < -0.4 is 10.1 Å². The molecular formula is C24H21N3O2S. The maximum absolute atomic E-state index is 9.32. The van der Waals surface area contributed by atoms with Gasteiger partial charge in [0, 0.05) is 6.54 Å². The van der Waals surface area contributed by atoms with Crippen molar-refractivity contribution >= 4 is 17.2 Å². The molecule has 0 spiro atoms. The number of nitriles is 1. The van der Waals surface area contributed by atoms with Crippen LogP contribution in [0, 0.1) is 11.3 Å². The van der Waals surface area contributed by atoms with Gasteiger partial charge in [0.2, 0.25) is 17.5 Å². The average Bonchev–Trinajstić information content (AvgIpc) is 3.43. The Balaban J connectivity index is 1.39. The van der Waals surface area contributed by atoms with Crippen LogP contribution >= 0.6 is 11.3 Å². The third-order valence-electron chi connectivity index (χ3n) is 4.62. The van der Waals surface area contributed by atoms with Crippen molar-refractivity contribution in [3.63, 3.8) is 0 Å². The molecule has 0 radical (unpaired) electrons. The van der Waals surface area contributed by atoms with E-state index in [1.165, 1.54) is 16.9 Å². The summed E-state index contributed by atoms with van der Waals surface area (Å²) in [5.74, 6) is 2.92. The molecule has 0 unspecified atom stereocenters. The second-order valence-electron chi connectivity index (χ2n) is 7.11. The van der Waals surface area contributed by atoms with Crippen molar-refractivity contribution in [2.75, 3.05) is 5.32 Å². The van der Waals surface area contributed by atoms with Crippen molar-refractivity contribution in [3.8, 4) is 28.3 Å². The van der Waals surface area contributed by atoms with Crippen LogP contribution in [0.3, 0.4) is 0 Å². The number of anilines is 1. The molecule has 4 rings (SSSR count). The molecule has 0 aliphatic rings. The van der Waals surface area contributed by atoms with Gasteiger partial charge in [-0.25, -0.2) is 0 Å². The fourth-order valence-electron chi connectivity index (χ4n) is 2.94. The van der Waals surface area contributed by atoms with E-state index in [0.29, 0.717) is 24.2 Å². The molecule has 6 heteroatoms. The number of hydrogen-bond acceptors (Lipinski definition) is 6. The summed E-state index contributed by atoms with van der Waals surface area (Å²) in [6.07, 6.45) is 0. The van der Waals surface area contributed by atoms with E-state index in [-0.39, 0.29) is 5.69 Å². The summed E-state index contributed by atoms with van der Waals surface area (Å²) < 4.78 is 11.7. The lowest BCUT2D eigenvalue weighted by molar-refractivity contribution is 0.482. The van der Waals surface area contributed by atoms with E-state index in [4.69, 9.17) is 9.15 Å². The predicted molar refractivity (Wildman–Crippen MR) is 119 cm³/mol. The minimum absolute atomic E-state index is 0.253. The Hall–Kier alpha value is -3.56. The number of nitrogens with zero attached hydrogens (tertiary/aromatic N) is 2. The number of ether oxygens (including phenoxy) is 1. The van der Waals surface area contributed by atoms with Gasteiger partial charge in [-0.05, 0) is 52.8 Å². The van der Waals surface area contributed by atoms with Crippen LogP contribution in [0.2, 0.25) is 0 Å². The molecule has 2 heterocycles. The third kappa shape index (κ3) is 4.53. The lowest BCUT2D eigenvalue weighted by Gasteiger charge is -2.09. The van der Waals surface area contributed by atoms with E-state index >= 15 is 0 Å². The number of rotatable bonds is 7. The topological polar surface area (TPSA) is 71.1 Å². The highest BCUT2D eigenvalue weighted by atomic mass is 32.1. The average molecular weight is 416 g/mol. The molecular weight excluding hydrogens is 394 g/mol. The quantitative estimate of drug-likeness (QED) is 0.359. The first kappa shape index (κ1) is 19.7. The number of nitrogens with one attached hydrogen (secondary N) is 1. The van der Waals surface area contributed by atoms with Gasteiger partial charge in [0.25, 0.3) is 0 Å². The number of oxazole rings is 1. The normalized spacial score (nSPS) is 10.7. The van der Waals surface area contributed by atoms with Crippen LogP contribution in [0.1, 0.15) is 36.6 Å². The van der Waals surface area contributed by atoms with Crippen LogP contribution in [0.15, 0.2) is 70.5 Å². The van der Waals surface area contributed by atoms with Crippen molar-refractivity contribution in [2.45, 2.75) is 26.3 Å². The molecule has 2 aromatic heterocycles. The van der Waals surface area contributed by atoms with Crippen molar-refractivity contribution in [1.82, 2.24) is 4.98 Å². The molecule has 0 aliphatic carbocycles. The molecule has 2 aromatic carbocycles. The summed E-state index contributed by atoms with van der Waals surface area (Å²) in [5.41, 5.74) is 2.58. The number of thiophene rings is 1.